The Bertz CT molecular complexity index is 403. The summed E-state index contributed by atoms with van der Waals surface area (Å²) in [6.07, 6.45) is -3.50. The highest BCUT2D eigenvalue weighted by Gasteiger charge is 2.43. The highest BCUT2D eigenvalue weighted by molar-refractivity contribution is 5.85. The number of hydrogen-bond acceptors (Lipinski definition) is 3. The van der Waals surface area contributed by atoms with Crippen LogP contribution in [-0.4, -0.2) is 13.0 Å². The number of benzene rings is 1. The van der Waals surface area contributed by atoms with E-state index in [-0.39, 0.29) is 30.3 Å². The van der Waals surface area contributed by atoms with Gasteiger partial charge in [0.2, 0.25) is 0 Å². The first-order valence-corrected chi connectivity index (χ1v) is 4.73. The molecule has 1 aromatic carbocycles. The average Bonchev–Trinajstić information content (AvgIpc) is 2.50. The molecule has 0 amide bonds. The molecular weight excluding hydrogens is 259 g/mol. The molecule has 7 heteroatoms. The van der Waals surface area contributed by atoms with E-state index in [9.17, 15) is 13.2 Å². The molecule has 0 fully saturated rings. The number of rotatable bonds is 3. The summed E-state index contributed by atoms with van der Waals surface area (Å²) in [7, 11) is 0. The van der Waals surface area contributed by atoms with Gasteiger partial charge in [0.05, 0.1) is 6.67 Å². The van der Waals surface area contributed by atoms with Gasteiger partial charge in [0, 0.05) is 6.04 Å². The van der Waals surface area contributed by atoms with E-state index in [1.807, 2.05) is 0 Å². The number of ether oxygens (including phenoxy) is 2. The Hall–Kier alpha value is -1.14. The van der Waals surface area contributed by atoms with Crippen LogP contribution in [0.1, 0.15) is 18.0 Å². The molecule has 0 bridgehead atoms. The van der Waals surface area contributed by atoms with Crippen molar-refractivity contribution in [3.63, 3.8) is 0 Å². The highest BCUT2D eigenvalue weighted by atomic mass is 35.5. The summed E-state index contributed by atoms with van der Waals surface area (Å²) in [5.41, 5.74) is 6.18. The van der Waals surface area contributed by atoms with Crippen LogP contribution in [0.25, 0.3) is 0 Å². The van der Waals surface area contributed by atoms with Crippen molar-refractivity contribution in [3.05, 3.63) is 23.8 Å². The molecular formula is C10H11ClF3NO2. The van der Waals surface area contributed by atoms with Crippen LogP contribution in [0.2, 0.25) is 0 Å². The number of nitrogens with two attached hydrogens (primary N) is 1. The molecule has 0 aliphatic carbocycles. The van der Waals surface area contributed by atoms with Gasteiger partial charge in [-0.3, -0.25) is 4.39 Å². The van der Waals surface area contributed by atoms with Crippen LogP contribution in [0.4, 0.5) is 13.2 Å². The Balaban J connectivity index is 0.00000144. The molecule has 0 spiro atoms. The smallest absolute Gasteiger partial charge is 0.395 e. The topological polar surface area (TPSA) is 44.5 Å². The van der Waals surface area contributed by atoms with Gasteiger partial charge in [-0.25, -0.2) is 0 Å². The number of hydrogen-bond donors (Lipinski definition) is 1. The number of halogens is 4. The summed E-state index contributed by atoms with van der Waals surface area (Å²) in [5, 5.41) is 0. The molecule has 1 aromatic rings. The third-order valence-electron chi connectivity index (χ3n) is 2.27. The third kappa shape index (κ3) is 2.95. The predicted molar refractivity (Wildman–Crippen MR) is 57.4 cm³/mol. The third-order valence-corrected chi connectivity index (χ3v) is 2.27. The zero-order valence-electron chi connectivity index (χ0n) is 8.66. The maximum Gasteiger partial charge on any atom is 0.586 e. The molecule has 1 aliphatic heterocycles. The van der Waals surface area contributed by atoms with Crippen molar-refractivity contribution in [2.24, 2.45) is 5.73 Å². The van der Waals surface area contributed by atoms with Crippen LogP contribution in [0.3, 0.4) is 0 Å². The molecule has 1 aliphatic rings. The predicted octanol–water partition coefficient (Wildman–Crippen LogP) is 2.79. The van der Waals surface area contributed by atoms with E-state index in [0.29, 0.717) is 5.56 Å². The van der Waals surface area contributed by atoms with Crippen LogP contribution >= 0.6 is 12.4 Å². The van der Waals surface area contributed by atoms with Gasteiger partial charge in [0.25, 0.3) is 0 Å². The fourth-order valence-corrected chi connectivity index (χ4v) is 1.48. The lowest BCUT2D eigenvalue weighted by atomic mass is 10.0. The van der Waals surface area contributed by atoms with Gasteiger partial charge in [0.15, 0.2) is 11.5 Å². The van der Waals surface area contributed by atoms with E-state index in [4.69, 9.17) is 5.73 Å². The van der Waals surface area contributed by atoms with Crippen molar-refractivity contribution in [2.75, 3.05) is 6.67 Å². The summed E-state index contributed by atoms with van der Waals surface area (Å²) in [6.45, 7) is -0.564. The largest absolute Gasteiger partial charge is 0.586 e. The fourth-order valence-electron chi connectivity index (χ4n) is 1.48. The SMILES string of the molecule is Cl.N[C@H](CCF)c1ccc2c(c1)OC(F)(F)O2. The normalized spacial score (nSPS) is 17.4. The Morgan fingerprint density at radius 1 is 1.24 bits per heavy atom. The van der Waals surface area contributed by atoms with Crippen molar-refractivity contribution in [3.8, 4) is 11.5 Å². The number of fused-ring (bicyclic) bond motifs is 1. The minimum atomic E-state index is -3.63. The van der Waals surface area contributed by atoms with Crippen molar-refractivity contribution in [1.29, 1.82) is 0 Å². The van der Waals surface area contributed by atoms with Gasteiger partial charge >= 0.3 is 6.29 Å². The molecule has 1 atom stereocenters. The van der Waals surface area contributed by atoms with E-state index in [1.54, 1.807) is 0 Å². The molecule has 2 rings (SSSR count). The summed E-state index contributed by atoms with van der Waals surface area (Å²) < 4.78 is 45.9. The van der Waals surface area contributed by atoms with E-state index in [2.05, 4.69) is 9.47 Å². The minimum absolute atomic E-state index is 0. The first-order valence-electron chi connectivity index (χ1n) is 4.73. The monoisotopic (exact) mass is 269 g/mol. The minimum Gasteiger partial charge on any atom is -0.395 e. The summed E-state index contributed by atoms with van der Waals surface area (Å²) in [5.74, 6) is -0.113. The second-order valence-corrected chi connectivity index (χ2v) is 3.46. The lowest BCUT2D eigenvalue weighted by molar-refractivity contribution is -0.286. The Morgan fingerprint density at radius 3 is 2.53 bits per heavy atom. The van der Waals surface area contributed by atoms with Gasteiger partial charge < -0.3 is 15.2 Å². The van der Waals surface area contributed by atoms with E-state index < -0.39 is 19.0 Å². The quantitative estimate of drug-likeness (QED) is 0.918. The van der Waals surface area contributed by atoms with Crippen molar-refractivity contribution in [1.82, 2.24) is 0 Å². The second-order valence-electron chi connectivity index (χ2n) is 3.46. The van der Waals surface area contributed by atoms with Crippen LogP contribution in [0, 0.1) is 0 Å². The maximum absolute atomic E-state index is 12.7. The van der Waals surface area contributed by atoms with Crippen molar-refractivity contribution in [2.45, 2.75) is 18.8 Å². The lowest BCUT2D eigenvalue weighted by Gasteiger charge is -2.09. The molecule has 0 unspecified atom stereocenters. The first kappa shape index (κ1) is 13.9. The van der Waals surface area contributed by atoms with E-state index >= 15 is 0 Å². The zero-order valence-corrected chi connectivity index (χ0v) is 9.48. The Kier molecular flexibility index (Phi) is 4.11. The number of alkyl halides is 3. The average molecular weight is 270 g/mol. The summed E-state index contributed by atoms with van der Waals surface area (Å²) in [4.78, 5) is 0. The lowest BCUT2D eigenvalue weighted by Crippen LogP contribution is -2.25. The van der Waals surface area contributed by atoms with Crippen molar-refractivity contribution < 1.29 is 22.6 Å². The van der Waals surface area contributed by atoms with Gasteiger partial charge in [-0.2, -0.15) is 0 Å². The van der Waals surface area contributed by atoms with Crippen LogP contribution in [0.5, 0.6) is 11.5 Å². The first-order chi connectivity index (χ1) is 7.52. The van der Waals surface area contributed by atoms with Crippen LogP contribution < -0.4 is 15.2 Å². The molecule has 3 nitrogen and oxygen atoms in total. The summed E-state index contributed by atoms with van der Waals surface area (Å²) >= 11 is 0. The maximum atomic E-state index is 12.7. The molecule has 17 heavy (non-hydrogen) atoms. The van der Waals surface area contributed by atoms with Gasteiger partial charge in [-0.05, 0) is 24.1 Å². The van der Waals surface area contributed by atoms with Crippen LogP contribution in [-0.2, 0) is 0 Å². The molecule has 96 valence electrons. The zero-order chi connectivity index (χ0) is 11.8. The Morgan fingerprint density at radius 2 is 1.88 bits per heavy atom. The van der Waals surface area contributed by atoms with Crippen LogP contribution in [0.15, 0.2) is 18.2 Å². The molecule has 0 saturated carbocycles. The standard InChI is InChI=1S/C10H10F3NO2.ClH/c11-4-3-7(14)6-1-2-8-9(5-6)16-10(12,13)15-8;/h1-2,5,7H,3-4,14H2;1H/t7-;/m1./s1. The van der Waals surface area contributed by atoms with E-state index in [0.717, 1.165) is 0 Å². The fraction of sp³-hybridized carbons (Fsp3) is 0.400. The molecule has 0 saturated heterocycles. The Labute approximate surface area is 102 Å². The molecule has 2 N–H and O–H groups in total. The molecule has 0 radical (unpaired) electrons. The highest BCUT2D eigenvalue weighted by Crippen LogP contribution is 2.41. The second kappa shape index (κ2) is 5.01. The molecule has 0 aromatic heterocycles. The van der Waals surface area contributed by atoms with E-state index in [1.165, 1.54) is 18.2 Å². The van der Waals surface area contributed by atoms with Gasteiger partial charge in [-0.15, -0.1) is 21.2 Å². The van der Waals surface area contributed by atoms with Gasteiger partial charge in [-0.1, -0.05) is 6.07 Å². The van der Waals surface area contributed by atoms with Gasteiger partial charge in [0.1, 0.15) is 0 Å². The summed E-state index contributed by atoms with van der Waals surface area (Å²) in [6, 6.07) is 3.66. The van der Waals surface area contributed by atoms with Crippen molar-refractivity contribution >= 4 is 12.4 Å². The molecule has 1 heterocycles.